The van der Waals surface area contributed by atoms with E-state index in [-0.39, 0.29) is 33.8 Å². The number of sulfonamides is 1. The zero-order valence-electron chi connectivity index (χ0n) is 22.6. The number of carbonyl (C=O) groups is 2. The predicted molar refractivity (Wildman–Crippen MR) is 164 cm³/mol. The summed E-state index contributed by atoms with van der Waals surface area (Å²) in [5.41, 5.74) is 1.75. The van der Waals surface area contributed by atoms with E-state index in [1.807, 2.05) is 44.2 Å². The Hall–Kier alpha value is -4.15. The SMILES string of the molecule is CCOc1ccc(N(CC(=O)Nc2ccccc2C(=O)N[C@H](C)c2ccccc2)S(=O)(=O)c2ccc(Br)cc2)cc1. The summed E-state index contributed by atoms with van der Waals surface area (Å²) < 4.78 is 34.7. The average molecular weight is 637 g/mol. The molecule has 212 valence electrons. The molecule has 0 aromatic heterocycles. The highest BCUT2D eigenvalue weighted by atomic mass is 79.9. The molecule has 0 radical (unpaired) electrons. The van der Waals surface area contributed by atoms with Gasteiger partial charge in [-0.25, -0.2) is 8.42 Å². The highest BCUT2D eigenvalue weighted by Gasteiger charge is 2.28. The topological polar surface area (TPSA) is 105 Å². The number of carbonyl (C=O) groups excluding carboxylic acids is 2. The van der Waals surface area contributed by atoms with Crippen molar-refractivity contribution in [1.82, 2.24) is 5.32 Å². The lowest BCUT2D eigenvalue weighted by molar-refractivity contribution is -0.114. The highest BCUT2D eigenvalue weighted by Crippen LogP contribution is 2.27. The summed E-state index contributed by atoms with van der Waals surface area (Å²) in [4.78, 5) is 26.5. The largest absolute Gasteiger partial charge is 0.494 e. The molecule has 10 heteroatoms. The van der Waals surface area contributed by atoms with E-state index in [1.165, 1.54) is 12.1 Å². The summed E-state index contributed by atoms with van der Waals surface area (Å²) in [5, 5.41) is 5.68. The van der Waals surface area contributed by atoms with Crippen LogP contribution in [0.3, 0.4) is 0 Å². The third-order valence-electron chi connectivity index (χ3n) is 6.22. The second-order valence-electron chi connectivity index (χ2n) is 9.09. The van der Waals surface area contributed by atoms with Crippen LogP contribution in [0, 0.1) is 0 Å². The number of ether oxygens (including phenoxy) is 1. The molecule has 0 heterocycles. The monoisotopic (exact) mass is 635 g/mol. The normalized spacial score (nSPS) is 11.8. The van der Waals surface area contributed by atoms with Gasteiger partial charge < -0.3 is 15.4 Å². The number of nitrogens with one attached hydrogen (secondary N) is 2. The maximum atomic E-state index is 13.7. The standard InChI is InChI=1S/C31H30BrN3O5S/c1-3-40-26-17-15-25(16-18-26)35(41(38,39)27-19-13-24(32)14-20-27)21-30(36)34-29-12-8-7-11-28(29)31(37)33-22(2)23-9-5-4-6-10-23/h4-20,22H,3,21H2,1-2H3,(H,33,37)(H,34,36)/t22-/m1/s1. The van der Waals surface area contributed by atoms with Crippen molar-refractivity contribution < 1.29 is 22.7 Å². The Morgan fingerprint density at radius 2 is 1.51 bits per heavy atom. The van der Waals surface area contributed by atoms with E-state index in [9.17, 15) is 18.0 Å². The van der Waals surface area contributed by atoms with E-state index in [2.05, 4.69) is 26.6 Å². The highest BCUT2D eigenvalue weighted by molar-refractivity contribution is 9.10. The molecule has 0 aliphatic heterocycles. The molecule has 0 saturated heterocycles. The molecule has 0 saturated carbocycles. The molecular weight excluding hydrogens is 606 g/mol. The van der Waals surface area contributed by atoms with Crippen molar-refractivity contribution in [2.75, 3.05) is 22.8 Å². The summed E-state index contributed by atoms with van der Waals surface area (Å²) >= 11 is 3.32. The second-order valence-corrected chi connectivity index (χ2v) is 11.9. The molecule has 0 aliphatic carbocycles. The van der Waals surface area contributed by atoms with Gasteiger partial charge in [0.1, 0.15) is 12.3 Å². The zero-order chi connectivity index (χ0) is 29.4. The van der Waals surface area contributed by atoms with E-state index in [1.54, 1.807) is 60.7 Å². The van der Waals surface area contributed by atoms with Crippen LogP contribution in [0.2, 0.25) is 0 Å². The van der Waals surface area contributed by atoms with Crippen molar-refractivity contribution in [1.29, 1.82) is 0 Å². The summed E-state index contributed by atoms with van der Waals surface area (Å²) in [6, 6.07) is 28.5. The van der Waals surface area contributed by atoms with Crippen LogP contribution in [0.4, 0.5) is 11.4 Å². The van der Waals surface area contributed by atoms with Crippen molar-refractivity contribution in [2.24, 2.45) is 0 Å². The van der Waals surface area contributed by atoms with Crippen molar-refractivity contribution in [3.63, 3.8) is 0 Å². The van der Waals surface area contributed by atoms with E-state index in [4.69, 9.17) is 4.74 Å². The van der Waals surface area contributed by atoms with Crippen molar-refractivity contribution in [3.05, 3.63) is 119 Å². The fourth-order valence-electron chi connectivity index (χ4n) is 4.13. The van der Waals surface area contributed by atoms with Crippen molar-refractivity contribution in [2.45, 2.75) is 24.8 Å². The van der Waals surface area contributed by atoms with Crippen molar-refractivity contribution in [3.8, 4) is 5.75 Å². The Bertz CT molecular complexity index is 1600. The number of rotatable bonds is 11. The van der Waals surface area contributed by atoms with Crippen LogP contribution in [0.25, 0.3) is 0 Å². The first-order chi connectivity index (χ1) is 19.7. The Kier molecular flexibility index (Phi) is 9.80. The van der Waals surface area contributed by atoms with Crippen LogP contribution in [0.1, 0.15) is 35.8 Å². The number of benzene rings is 4. The Morgan fingerprint density at radius 1 is 0.878 bits per heavy atom. The van der Waals surface area contributed by atoms with Crippen LogP contribution in [0.15, 0.2) is 112 Å². The lowest BCUT2D eigenvalue weighted by atomic mass is 10.1. The number of hydrogen-bond donors (Lipinski definition) is 2. The first-order valence-corrected chi connectivity index (χ1v) is 15.2. The molecule has 1 atom stereocenters. The van der Waals surface area contributed by atoms with Gasteiger partial charge in [0.25, 0.3) is 15.9 Å². The molecule has 2 amide bonds. The molecule has 0 aliphatic rings. The van der Waals surface area contributed by atoms with Crippen LogP contribution in [0.5, 0.6) is 5.75 Å². The summed E-state index contributed by atoms with van der Waals surface area (Å²) in [5.74, 6) is -0.412. The third kappa shape index (κ3) is 7.53. The Morgan fingerprint density at radius 3 is 2.17 bits per heavy atom. The van der Waals surface area contributed by atoms with Gasteiger partial charge in [-0.15, -0.1) is 0 Å². The van der Waals surface area contributed by atoms with Crippen LogP contribution >= 0.6 is 15.9 Å². The first kappa shape index (κ1) is 29.8. The fourth-order valence-corrected chi connectivity index (χ4v) is 5.82. The van der Waals surface area contributed by atoms with Crippen molar-refractivity contribution >= 4 is 49.1 Å². The quantitative estimate of drug-likeness (QED) is 0.205. The lowest BCUT2D eigenvalue weighted by Crippen LogP contribution is -2.38. The summed E-state index contributed by atoms with van der Waals surface area (Å²) in [6.07, 6.45) is 0. The summed E-state index contributed by atoms with van der Waals surface area (Å²) in [6.45, 7) is 3.65. The minimum atomic E-state index is -4.12. The van der Waals surface area contributed by atoms with Gasteiger partial charge >= 0.3 is 0 Å². The number of para-hydroxylation sites is 1. The molecule has 0 spiro atoms. The Labute approximate surface area is 248 Å². The van der Waals surface area contributed by atoms with Gasteiger partial charge in [0, 0.05) is 4.47 Å². The molecule has 2 N–H and O–H groups in total. The van der Waals surface area contributed by atoms with Gasteiger partial charge in [-0.05, 0) is 80.1 Å². The maximum absolute atomic E-state index is 13.7. The molecule has 4 rings (SSSR count). The van der Waals surface area contributed by atoms with Gasteiger partial charge in [0.2, 0.25) is 5.91 Å². The lowest BCUT2D eigenvalue weighted by Gasteiger charge is -2.24. The minimum absolute atomic E-state index is 0.0251. The van der Waals surface area contributed by atoms with Gasteiger partial charge in [-0.3, -0.25) is 13.9 Å². The van der Waals surface area contributed by atoms with E-state index in [0.717, 1.165) is 14.3 Å². The molecular formula is C31H30BrN3O5S. The average Bonchev–Trinajstić information content (AvgIpc) is 2.97. The molecule has 8 nitrogen and oxygen atoms in total. The minimum Gasteiger partial charge on any atom is -0.494 e. The predicted octanol–water partition coefficient (Wildman–Crippen LogP) is 6.17. The zero-order valence-corrected chi connectivity index (χ0v) is 25.0. The van der Waals surface area contributed by atoms with Gasteiger partial charge in [-0.2, -0.15) is 0 Å². The molecule has 0 bridgehead atoms. The Balaban J connectivity index is 1.58. The fraction of sp³-hybridized carbons (Fsp3) is 0.161. The van der Waals surface area contributed by atoms with E-state index >= 15 is 0 Å². The van der Waals surface area contributed by atoms with Gasteiger partial charge in [0.05, 0.1) is 34.5 Å². The summed E-state index contributed by atoms with van der Waals surface area (Å²) in [7, 11) is -4.12. The number of hydrogen-bond acceptors (Lipinski definition) is 5. The number of amides is 2. The van der Waals surface area contributed by atoms with Crippen LogP contribution in [-0.2, 0) is 14.8 Å². The number of halogens is 1. The second kappa shape index (κ2) is 13.5. The van der Waals surface area contributed by atoms with Gasteiger partial charge in [-0.1, -0.05) is 58.4 Å². The van der Waals surface area contributed by atoms with E-state index in [0.29, 0.717) is 12.4 Å². The smallest absolute Gasteiger partial charge is 0.264 e. The van der Waals surface area contributed by atoms with Crippen LogP contribution < -0.4 is 19.7 Å². The molecule has 41 heavy (non-hydrogen) atoms. The van der Waals surface area contributed by atoms with Crippen LogP contribution in [-0.4, -0.2) is 33.4 Å². The molecule has 4 aromatic rings. The third-order valence-corrected chi connectivity index (χ3v) is 8.53. The maximum Gasteiger partial charge on any atom is 0.264 e. The first-order valence-electron chi connectivity index (χ1n) is 12.9. The number of anilines is 2. The molecule has 0 fully saturated rings. The van der Waals surface area contributed by atoms with Gasteiger partial charge in [0.15, 0.2) is 0 Å². The van der Waals surface area contributed by atoms with E-state index < -0.39 is 22.5 Å². The molecule has 4 aromatic carbocycles. The number of nitrogens with zero attached hydrogens (tertiary/aromatic N) is 1. The molecule has 0 unspecified atom stereocenters.